The summed E-state index contributed by atoms with van der Waals surface area (Å²) in [6.45, 7) is 2.73. The Labute approximate surface area is 196 Å². The van der Waals surface area contributed by atoms with E-state index in [1.807, 2.05) is 36.9 Å². The second-order valence-electron chi connectivity index (χ2n) is 8.92. The monoisotopic (exact) mass is 463 g/mol. The van der Waals surface area contributed by atoms with Gasteiger partial charge in [0.15, 0.2) is 0 Å². The number of rotatable bonds is 4. The molecule has 2 aromatic carbocycles. The van der Waals surface area contributed by atoms with Crippen molar-refractivity contribution in [1.82, 2.24) is 19.7 Å². The van der Waals surface area contributed by atoms with Gasteiger partial charge in [0.25, 0.3) is 12.3 Å². The molecule has 0 unspecified atom stereocenters. The summed E-state index contributed by atoms with van der Waals surface area (Å²) in [7, 11) is 5.32. The second kappa shape index (κ2) is 8.27. The lowest BCUT2D eigenvalue weighted by molar-refractivity contribution is 0.0964. The quantitative estimate of drug-likeness (QED) is 0.449. The maximum Gasteiger partial charge on any atom is 0.264 e. The lowest BCUT2D eigenvalue weighted by atomic mass is 9.92. The van der Waals surface area contributed by atoms with E-state index in [1.54, 1.807) is 37.2 Å². The first-order valence-electron chi connectivity index (χ1n) is 11.3. The predicted molar refractivity (Wildman–Crippen MR) is 130 cm³/mol. The summed E-state index contributed by atoms with van der Waals surface area (Å²) in [4.78, 5) is 14.6. The van der Waals surface area contributed by atoms with Gasteiger partial charge < -0.3 is 14.8 Å². The third-order valence-electron chi connectivity index (χ3n) is 6.65. The maximum absolute atomic E-state index is 14.2. The van der Waals surface area contributed by atoms with Gasteiger partial charge in [-0.25, -0.2) is 8.78 Å². The average Bonchev–Trinajstić information content (AvgIpc) is 3.40. The van der Waals surface area contributed by atoms with E-state index in [0.717, 1.165) is 52.8 Å². The number of fused-ring (bicyclic) bond motifs is 2. The van der Waals surface area contributed by atoms with Gasteiger partial charge in [-0.3, -0.25) is 9.48 Å². The molecule has 34 heavy (non-hydrogen) atoms. The summed E-state index contributed by atoms with van der Waals surface area (Å²) < 4.78 is 31.9. The molecular formula is C26H27F2N5O. The van der Waals surface area contributed by atoms with Crippen LogP contribution in [-0.2, 0) is 20.5 Å². The Morgan fingerprint density at radius 3 is 2.62 bits per heavy atom. The Morgan fingerprint density at radius 2 is 1.94 bits per heavy atom. The highest BCUT2D eigenvalue weighted by molar-refractivity contribution is 6.08. The number of aromatic nitrogens is 3. The molecule has 0 aliphatic carbocycles. The first-order chi connectivity index (χ1) is 16.3. The zero-order valence-corrected chi connectivity index (χ0v) is 19.7. The van der Waals surface area contributed by atoms with Crippen LogP contribution in [0, 0.1) is 6.92 Å². The van der Waals surface area contributed by atoms with Gasteiger partial charge >= 0.3 is 0 Å². The number of anilines is 2. The summed E-state index contributed by atoms with van der Waals surface area (Å²) in [6.07, 6.45) is 4.34. The molecule has 2 aromatic heterocycles. The number of halogens is 2. The molecule has 0 radical (unpaired) electrons. The van der Waals surface area contributed by atoms with Crippen molar-refractivity contribution < 1.29 is 13.6 Å². The fourth-order valence-corrected chi connectivity index (χ4v) is 5.14. The molecule has 1 amide bonds. The van der Waals surface area contributed by atoms with Crippen molar-refractivity contribution in [3.63, 3.8) is 0 Å². The highest BCUT2D eigenvalue weighted by Gasteiger charge is 2.26. The molecule has 1 N–H and O–H groups in total. The lowest BCUT2D eigenvalue weighted by Crippen LogP contribution is -2.25. The van der Waals surface area contributed by atoms with Gasteiger partial charge in [-0.05, 0) is 60.7 Å². The van der Waals surface area contributed by atoms with Crippen LogP contribution < -0.4 is 10.2 Å². The molecule has 8 heteroatoms. The minimum atomic E-state index is -2.61. The van der Waals surface area contributed by atoms with Crippen LogP contribution in [0.5, 0.6) is 0 Å². The number of amides is 1. The Bertz CT molecular complexity index is 1420. The van der Waals surface area contributed by atoms with Crippen LogP contribution in [0.1, 0.15) is 39.9 Å². The van der Waals surface area contributed by atoms with Crippen LogP contribution in [0.3, 0.4) is 0 Å². The van der Waals surface area contributed by atoms with Crippen molar-refractivity contribution in [2.75, 3.05) is 18.5 Å². The molecule has 0 atom stereocenters. The van der Waals surface area contributed by atoms with Crippen LogP contribution in [0.2, 0.25) is 0 Å². The summed E-state index contributed by atoms with van der Waals surface area (Å²) >= 11 is 0. The first kappa shape index (κ1) is 22.1. The molecule has 3 heterocycles. The fraction of sp³-hybridized carbons (Fsp3) is 0.308. The minimum absolute atomic E-state index is 0.00205. The molecule has 176 valence electrons. The Morgan fingerprint density at radius 1 is 1.15 bits per heavy atom. The average molecular weight is 464 g/mol. The van der Waals surface area contributed by atoms with Gasteiger partial charge in [0.1, 0.15) is 0 Å². The van der Waals surface area contributed by atoms with Crippen molar-refractivity contribution >= 4 is 28.2 Å². The maximum atomic E-state index is 14.2. The number of nitrogens with zero attached hydrogens (tertiary/aromatic N) is 4. The standard InChI is InChI=1S/C26H27F2N5O/c1-15-8-18(10-20-22(26(34)29-2)14-31(3)24(15)20)33-7-5-6-16-9-19(17-12-30-32(4)13-17)21(25(27)28)11-23(16)33/h8-14,25H,5-7H2,1-4H3,(H,29,34). The van der Waals surface area contributed by atoms with E-state index in [4.69, 9.17) is 0 Å². The fourth-order valence-electron chi connectivity index (χ4n) is 5.14. The lowest BCUT2D eigenvalue weighted by Gasteiger charge is -2.33. The first-order valence-corrected chi connectivity index (χ1v) is 11.3. The summed E-state index contributed by atoms with van der Waals surface area (Å²) in [6, 6.07) is 7.59. The van der Waals surface area contributed by atoms with E-state index in [9.17, 15) is 13.6 Å². The molecule has 0 fully saturated rings. The normalized spacial score (nSPS) is 13.6. The molecule has 0 saturated heterocycles. The topological polar surface area (TPSA) is 55.1 Å². The molecule has 5 rings (SSSR count). The number of aryl methyl sites for hydroxylation is 4. The molecular weight excluding hydrogens is 436 g/mol. The van der Waals surface area contributed by atoms with E-state index in [2.05, 4.69) is 21.4 Å². The highest BCUT2D eigenvalue weighted by Crippen LogP contribution is 2.42. The molecule has 6 nitrogen and oxygen atoms in total. The van der Waals surface area contributed by atoms with E-state index in [0.29, 0.717) is 16.7 Å². The largest absolute Gasteiger partial charge is 0.355 e. The number of carbonyl (C=O) groups is 1. The van der Waals surface area contributed by atoms with Crippen LogP contribution in [-0.4, -0.2) is 33.8 Å². The Hall–Kier alpha value is -3.68. The molecule has 1 aliphatic heterocycles. The van der Waals surface area contributed by atoms with E-state index < -0.39 is 6.43 Å². The van der Waals surface area contributed by atoms with Gasteiger partial charge in [0.2, 0.25) is 0 Å². The van der Waals surface area contributed by atoms with Gasteiger partial charge in [-0.2, -0.15) is 5.10 Å². The third kappa shape index (κ3) is 3.54. The van der Waals surface area contributed by atoms with Crippen molar-refractivity contribution in [3.05, 3.63) is 65.1 Å². The number of hydrogen-bond donors (Lipinski definition) is 1. The Balaban J connectivity index is 1.68. The van der Waals surface area contributed by atoms with Gasteiger partial charge in [0.05, 0.1) is 17.3 Å². The Kier molecular flexibility index (Phi) is 5.38. The predicted octanol–water partition coefficient (Wildman–Crippen LogP) is 5.27. The molecule has 0 saturated carbocycles. The number of hydrogen-bond acceptors (Lipinski definition) is 3. The van der Waals surface area contributed by atoms with Crippen molar-refractivity contribution in [2.45, 2.75) is 26.2 Å². The van der Waals surface area contributed by atoms with E-state index in [-0.39, 0.29) is 11.5 Å². The van der Waals surface area contributed by atoms with Crippen LogP contribution >= 0.6 is 0 Å². The minimum Gasteiger partial charge on any atom is -0.355 e. The van der Waals surface area contributed by atoms with Crippen molar-refractivity contribution in [1.29, 1.82) is 0 Å². The second-order valence-corrected chi connectivity index (χ2v) is 8.92. The van der Waals surface area contributed by atoms with Crippen LogP contribution in [0.4, 0.5) is 20.2 Å². The number of alkyl halides is 2. The van der Waals surface area contributed by atoms with Crippen molar-refractivity contribution in [2.24, 2.45) is 14.1 Å². The molecule has 4 aromatic rings. The summed E-state index contributed by atoms with van der Waals surface area (Å²) in [5.41, 5.74) is 6.56. The van der Waals surface area contributed by atoms with E-state index >= 15 is 0 Å². The molecule has 0 bridgehead atoms. The van der Waals surface area contributed by atoms with E-state index in [1.165, 1.54) is 0 Å². The zero-order valence-electron chi connectivity index (χ0n) is 19.7. The number of benzene rings is 2. The van der Waals surface area contributed by atoms with Crippen LogP contribution in [0.25, 0.3) is 22.0 Å². The van der Waals surface area contributed by atoms with Gasteiger partial charge in [0, 0.05) is 68.0 Å². The van der Waals surface area contributed by atoms with Crippen LogP contribution in [0.15, 0.2) is 42.9 Å². The van der Waals surface area contributed by atoms with Gasteiger partial charge in [-0.1, -0.05) is 0 Å². The summed E-state index contributed by atoms with van der Waals surface area (Å²) in [5, 5.41) is 7.72. The zero-order chi connectivity index (χ0) is 24.1. The molecule has 1 aliphatic rings. The summed E-state index contributed by atoms with van der Waals surface area (Å²) in [5.74, 6) is -0.151. The SMILES string of the molecule is CNC(=O)c1cn(C)c2c(C)cc(N3CCCc4cc(-c5cnn(C)c5)c(C(F)F)cc43)cc12. The highest BCUT2D eigenvalue weighted by atomic mass is 19.3. The number of carbonyl (C=O) groups excluding carboxylic acids is 1. The smallest absolute Gasteiger partial charge is 0.264 e. The number of nitrogens with one attached hydrogen (secondary N) is 1. The van der Waals surface area contributed by atoms with Crippen molar-refractivity contribution in [3.8, 4) is 11.1 Å². The third-order valence-corrected chi connectivity index (χ3v) is 6.65. The van der Waals surface area contributed by atoms with Gasteiger partial charge in [-0.15, -0.1) is 0 Å². The molecule has 0 spiro atoms.